The van der Waals surface area contributed by atoms with Crippen LogP contribution in [0.3, 0.4) is 0 Å². The van der Waals surface area contributed by atoms with E-state index < -0.39 is 0 Å². The summed E-state index contributed by atoms with van der Waals surface area (Å²) in [6.45, 7) is 2.51. The fourth-order valence-corrected chi connectivity index (χ4v) is 3.03. The van der Waals surface area contributed by atoms with E-state index in [2.05, 4.69) is 20.9 Å². The second-order valence-electron chi connectivity index (χ2n) is 4.67. The highest BCUT2D eigenvalue weighted by atomic mass is 35.5. The number of aromatic nitrogens is 3. The third kappa shape index (κ3) is 2.82. The Bertz CT molecular complexity index is 846. The minimum atomic E-state index is 0.242. The van der Waals surface area contributed by atoms with Gasteiger partial charge in [-0.25, -0.2) is 4.68 Å². The number of anilines is 1. The number of benzene rings is 1. The molecule has 3 aromatic rings. The van der Waals surface area contributed by atoms with Crippen molar-refractivity contribution in [3.05, 3.63) is 58.5 Å². The van der Waals surface area contributed by atoms with Gasteiger partial charge in [0.25, 0.3) is 0 Å². The molecule has 0 unspecified atom stereocenters. The average Bonchev–Trinajstić information content (AvgIpc) is 3.11. The Kier molecular flexibility index (Phi) is 4.09. The molecule has 110 valence electrons. The highest BCUT2D eigenvalue weighted by molar-refractivity contribution is 7.10. The number of nitriles is 1. The molecule has 5 nitrogen and oxygen atoms in total. The Hall–Kier alpha value is -2.36. The van der Waals surface area contributed by atoms with Gasteiger partial charge in [0.2, 0.25) is 0 Å². The van der Waals surface area contributed by atoms with Crippen molar-refractivity contribution >= 4 is 28.1 Å². The van der Waals surface area contributed by atoms with Crippen molar-refractivity contribution in [1.29, 1.82) is 5.26 Å². The van der Waals surface area contributed by atoms with E-state index in [9.17, 15) is 0 Å². The highest BCUT2D eigenvalue weighted by Crippen LogP contribution is 2.28. The summed E-state index contributed by atoms with van der Waals surface area (Å²) >= 11 is 7.07. The van der Waals surface area contributed by atoms with Gasteiger partial charge in [-0.15, -0.1) is 0 Å². The van der Waals surface area contributed by atoms with Crippen molar-refractivity contribution in [2.24, 2.45) is 0 Å². The van der Waals surface area contributed by atoms with Gasteiger partial charge in [-0.1, -0.05) is 29.8 Å². The van der Waals surface area contributed by atoms with Gasteiger partial charge >= 0.3 is 0 Å². The van der Waals surface area contributed by atoms with Crippen LogP contribution in [0.1, 0.15) is 16.8 Å². The summed E-state index contributed by atoms with van der Waals surface area (Å²) in [5, 5.41) is 17.7. The number of hydrogen-bond acceptors (Lipinski definition) is 5. The molecule has 0 fully saturated rings. The van der Waals surface area contributed by atoms with Crippen molar-refractivity contribution < 1.29 is 0 Å². The lowest BCUT2D eigenvalue weighted by Crippen LogP contribution is -2.05. The van der Waals surface area contributed by atoms with Gasteiger partial charge in [-0.05, 0) is 36.2 Å². The molecule has 0 aliphatic rings. The number of rotatable bonds is 4. The number of nitrogens with one attached hydrogen (secondary N) is 1. The van der Waals surface area contributed by atoms with E-state index in [0.29, 0.717) is 17.1 Å². The minimum Gasteiger partial charge on any atom is -0.370 e. The Morgan fingerprint density at radius 3 is 2.91 bits per heavy atom. The Labute approximate surface area is 136 Å². The highest BCUT2D eigenvalue weighted by Gasteiger charge is 2.12. The normalized spacial score (nSPS) is 10.4. The maximum Gasteiger partial charge on any atom is 0.162 e. The van der Waals surface area contributed by atoms with Gasteiger partial charge in [0, 0.05) is 12.7 Å². The maximum atomic E-state index is 9.10. The summed E-state index contributed by atoms with van der Waals surface area (Å²) < 4.78 is 5.83. The zero-order chi connectivity index (χ0) is 15.5. The summed E-state index contributed by atoms with van der Waals surface area (Å²) in [6, 6.07) is 12.0. The summed E-state index contributed by atoms with van der Waals surface area (Å²) in [5.41, 5.74) is 3.42. The lowest BCUT2D eigenvalue weighted by atomic mass is 10.2. The largest absolute Gasteiger partial charge is 0.370 e. The molecule has 2 heterocycles. The molecule has 1 aromatic carbocycles. The molecule has 7 heteroatoms. The lowest BCUT2D eigenvalue weighted by Gasteiger charge is -2.10. The van der Waals surface area contributed by atoms with Gasteiger partial charge < -0.3 is 5.32 Å². The van der Waals surface area contributed by atoms with Crippen LogP contribution >= 0.6 is 23.1 Å². The first kappa shape index (κ1) is 14.6. The van der Waals surface area contributed by atoms with Crippen molar-refractivity contribution in [2.45, 2.75) is 13.5 Å². The third-order valence-electron chi connectivity index (χ3n) is 3.16. The smallest absolute Gasteiger partial charge is 0.162 e. The predicted octanol–water partition coefficient (Wildman–Crippen LogP) is 3.77. The van der Waals surface area contributed by atoms with Gasteiger partial charge in [0.05, 0.1) is 11.4 Å². The van der Waals surface area contributed by atoms with Crippen molar-refractivity contribution in [3.8, 4) is 11.8 Å². The molecule has 0 radical (unpaired) electrons. The maximum absolute atomic E-state index is 9.10. The lowest BCUT2D eigenvalue weighted by molar-refractivity contribution is 0.848. The molecule has 0 atom stereocenters. The van der Waals surface area contributed by atoms with Gasteiger partial charge in [0.15, 0.2) is 5.15 Å². The average molecular weight is 330 g/mol. The first-order chi connectivity index (χ1) is 10.7. The minimum absolute atomic E-state index is 0.242. The molecule has 0 bridgehead atoms. The zero-order valence-corrected chi connectivity index (χ0v) is 13.3. The van der Waals surface area contributed by atoms with Crippen molar-refractivity contribution in [1.82, 2.24) is 14.2 Å². The Morgan fingerprint density at radius 2 is 2.18 bits per heavy atom. The molecule has 2 aromatic heterocycles. The molecule has 1 N–H and O–H groups in total. The van der Waals surface area contributed by atoms with Crippen molar-refractivity contribution in [3.63, 3.8) is 0 Å². The zero-order valence-electron chi connectivity index (χ0n) is 11.7. The second-order valence-corrected chi connectivity index (χ2v) is 5.80. The monoisotopic (exact) mass is 329 g/mol. The van der Waals surface area contributed by atoms with Crippen LogP contribution < -0.4 is 5.32 Å². The van der Waals surface area contributed by atoms with Gasteiger partial charge in [-0.2, -0.15) is 14.7 Å². The third-order valence-corrected chi connectivity index (χ3v) is 4.34. The van der Waals surface area contributed by atoms with E-state index in [1.54, 1.807) is 0 Å². The van der Waals surface area contributed by atoms with Crippen LogP contribution in [0.25, 0.3) is 5.69 Å². The second kappa shape index (κ2) is 6.18. The van der Waals surface area contributed by atoms with E-state index in [0.717, 1.165) is 16.9 Å². The molecule has 0 spiro atoms. The molecule has 3 rings (SSSR count). The van der Waals surface area contributed by atoms with Gasteiger partial charge in [0.1, 0.15) is 16.6 Å². The van der Waals surface area contributed by atoms with E-state index in [1.807, 2.05) is 48.1 Å². The van der Waals surface area contributed by atoms with E-state index in [-0.39, 0.29) is 5.15 Å². The first-order valence-electron chi connectivity index (χ1n) is 6.58. The fourth-order valence-electron chi connectivity index (χ4n) is 2.10. The summed E-state index contributed by atoms with van der Waals surface area (Å²) in [5.74, 6) is 0. The van der Waals surface area contributed by atoms with Crippen LogP contribution in [0, 0.1) is 18.3 Å². The van der Waals surface area contributed by atoms with Gasteiger partial charge in [-0.3, -0.25) is 0 Å². The van der Waals surface area contributed by atoms with E-state index in [1.165, 1.54) is 11.5 Å². The van der Waals surface area contributed by atoms with Crippen LogP contribution in [-0.2, 0) is 6.54 Å². The van der Waals surface area contributed by atoms with Crippen LogP contribution in [0.5, 0.6) is 0 Å². The molecular formula is C15H12ClN5S. The molecule has 0 amide bonds. The van der Waals surface area contributed by atoms with Crippen LogP contribution in [0.15, 0.2) is 36.5 Å². The first-order valence-corrected chi connectivity index (χ1v) is 7.74. The quantitative estimate of drug-likeness (QED) is 0.791. The predicted molar refractivity (Wildman–Crippen MR) is 87.5 cm³/mol. The number of nitrogens with zero attached hydrogens (tertiary/aromatic N) is 4. The van der Waals surface area contributed by atoms with Crippen LogP contribution in [-0.4, -0.2) is 14.2 Å². The van der Waals surface area contributed by atoms with E-state index >= 15 is 0 Å². The number of halogens is 1. The molecule has 22 heavy (non-hydrogen) atoms. The molecule has 0 saturated heterocycles. The number of para-hydroxylation sites is 1. The topological polar surface area (TPSA) is 66.5 Å². The SMILES string of the molecule is Cc1ccn(-c2ccccc2CNc2snc(Cl)c2C#N)n1. The van der Waals surface area contributed by atoms with Crippen molar-refractivity contribution in [2.75, 3.05) is 5.32 Å². The van der Waals surface area contributed by atoms with Crippen LogP contribution in [0.4, 0.5) is 5.00 Å². The fraction of sp³-hybridized carbons (Fsp3) is 0.133. The number of aryl methyl sites for hydroxylation is 1. The summed E-state index contributed by atoms with van der Waals surface area (Å²) in [7, 11) is 0. The molecule has 0 aliphatic carbocycles. The molecule has 0 aliphatic heterocycles. The van der Waals surface area contributed by atoms with Crippen LogP contribution in [0.2, 0.25) is 5.15 Å². The van der Waals surface area contributed by atoms with E-state index in [4.69, 9.17) is 16.9 Å². The molecule has 0 saturated carbocycles. The number of hydrogen-bond donors (Lipinski definition) is 1. The standard InChI is InChI=1S/C15H12ClN5S/c1-10-6-7-21(19-10)13-5-3-2-4-11(13)9-18-15-12(8-17)14(16)20-22-15/h2-7,18H,9H2,1H3. The Balaban J connectivity index is 1.86. The summed E-state index contributed by atoms with van der Waals surface area (Å²) in [4.78, 5) is 0. The molecular weight excluding hydrogens is 318 g/mol. The Morgan fingerprint density at radius 1 is 1.36 bits per heavy atom. The summed E-state index contributed by atoms with van der Waals surface area (Å²) in [6.07, 6.45) is 1.93.